The van der Waals surface area contributed by atoms with Gasteiger partial charge in [0.2, 0.25) is 0 Å². The van der Waals surface area contributed by atoms with Crippen LogP contribution in [0, 0.1) is 6.07 Å². The smallest absolute Gasteiger partial charge is 0.280 e. The summed E-state index contributed by atoms with van der Waals surface area (Å²) in [7, 11) is 0. The van der Waals surface area contributed by atoms with Crippen molar-refractivity contribution < 1.29 is 0 Å². The van der Waals surface area contributed by atoms with E-state index in [-0.39, 0.29) is 16.0 Å². The maximum atomic E-state index is 5.54. The van der Waals surface area contributed by atoms with Gasteiger partial charge < -0.3 is 0 Å². The lowest BCUT2D eigenvalue weighted by molar-refractivity contribution is 0.929. The minimum atomic E-state index is 0.0417. The first-order valence-electron chi connectivity index (χ1n) is 3.98. The summed E-state index contributed by atoms with van der Waals surface area (Å²) < 4.78 is 0. The van der Waals surface area contributed by atoms with Crippen LogP contribution in [0.15, 0.2) is 24.3 Å². The Morgan fingerprint density at radius 2 is 1.85 bits per heavy atom. The molecule has 0 fully saturated rings. The summed E-state index contributed by atoms with van der Waals surface area (Å²) in [5, 5.41) is 0. The average Bonchev–Trinajstić information content (AvgIpc) is 2.18. The third kappa shape index (κ3) is 9.54. The lowest BCUT2D eigenvalue weighted by Crippen LogP contribution is -1.84. The molecule has 0 saturated carbocycles. The summed E-state index contributed by atoms with van der Waals surface area (Å²) >= 11 is 12.0. The van der Waals surface area contributed by atoms with Gasteiger partial charge in [0.1, 0.15) is 0 Å². The molecule has 13 heavy (non-hydrogen) atoms. The van der Waals surface area contributed by atoms with Gasteiger partial charge in [-0.25, -0.2) is 0 Å². The molecule has 0 saturated heterocycles. The fourth-order valence-electron chi connectivity index (χ4n) is 0.859. The Balaban J connectivity index is 0.000000424. The highest BCUT2D eigenvalue weighted by molar-refractivity contribution is 9.47. The highest BCUT2D eigenvalue weighted by Gasteiger charge is 1.88. The molecule has 1 rings (SSSR count). The van der Waals surface area contributed by atoms with E-state index >= 15 is 0 Å². The van der Waals surface area contributed by atoms with Crippen molar-refractivity contribution in [3.8, 4) is 0 Å². The second-order valence-electron chi connectivity index (χ2n) is 2.30. The average molecular weight is 338 g/mol. The van der Waals surface area contributed by atoms with E-state index in [0.717, 1.165) is 18.7 Å². The van der Waals surface area contributed by atoms with Crippen LogP contribution in [0.1, 0.15) is 12.0 Å². The van der Waals surface area contributed by atoms with Crippen LogP contribution in [0.25, 0.3) is 0 Å². The number of alkyl halides is 1. The molecule has 0 unspecified atom stereocenters. The maximum Gasteiger partial charge on any atom is 0.560 e. The zero-order valence-electron chi connectivity index (χ0n) is 7.27. The Kier molecular flexibility index (Phi) is 12.4. The van der Waals surface area contributed by atoms with Crippen LogP contribution in [0.4, 0.5) is 0 Å². The lowest BCUT2D eigenvalue weighted by atomic mass is 10.1. The molecule has 0 nitrogen and oxygen atoms in total. The number of benzene rings is 1. The van der Waals surface area contributed by atoms with E-state index in [1.807, 2.05) is 12.1 Å². The van der Waals surface area contributed by atoms with Gasteiger partial charge in [0.25, 0.3) is 0 Å². The zero-order valence-corrected chi connectivity index (χ0v) is 12.6. The number of halogens is 3. The highest BCUT2D eigenvalue weighted by atomic mass is 79.9. The molecule has 69 valence electrons. The molecule has 1 aromatic carbocycles. The van der Waals surface area contributed by atoms with Gasteiger partial charge in [-0.05, 0) is 24.5 Å². The van der Waals surface area contributed by atoms with Crippen LogP contribution < -0.4 is 0 Å². The summed E-state index contributed by atoms with van der Waals surface area (Å²) in [6.45, 7) is 0. The van der Waals surface area contributed by atoms with Gasteiger partial charge in [0.05, 0.1) is 0 Å². The largest absolute Gasteiger partial charge is 0.560 e. The molecule has 4 heteroatoms. The van der Waals surface area contributed by atoms with E-state index in [4.69, 9.17) is 11.6 Å². The van der Waals surface area contributed by atoms with Gasteiger partial charge in [-0.2, -0.15) is 0 Å². The molecule has 1 radical (unpaired) electrons. The molecule has 0 bridgehead atoms. The summed E-state index contributed by atoms with van der Waals surface area (Å²) in [6.07, 6.45) is 2.14. The molecular weight excluding hydrogens is 328 g/mol. The van der Waals surface area contributed by atoms with Crippen LogP contribution in [-0.4, -0.2) is 21.9 Å². The monoisotopic (exact) mass is 335 g/mol. The molecular formula is C9H10Br2ClMg. The SMILES string of the molecule is ClCCCc1cc[c]cc1.[Br][Mg][Br]. The molecule has 0 aromatic heterocycles. The van der Waals surface area contributed by atoms with Crippen molar-refractivity contribution >= 4 is 53.4 Å². The topological polar surface area (TPSA) is 0 Å². The predicted molar refractivity (Wildman–Crippen MR) is 67.9 cm³/mol. The van der Waals surface area contributed by atoms with E-state index < -0.39 is 0 Å². The van der Waals surface area contributed by atoms with E-state index in [1.54, 1.807) is 0 Å². The third-order valence-electron chi connectivity index (χ3n) is 1.39. The van der Waals surface area contributed by atoms with Crippen molar-refractivity contribution in [3.63, 3.8) is 0 Å². The van der Waals surface area contributed by atoms with Crippen molar-refractivity contribution in [3.05, 3.63) is 35.9 Å². The van der Waals surface area contributed by atoms with Crippen molar-refractivity contribution in [1.82, 2.24) is 0 Å². The standard InChI is InChI=1S/C9H10Cl.2BrH.Mg/c10-8-4-7-9-5-2-1-3-6-9;;;/h2-3,5-6H,4,7-8H2;2*1H;/q;;;+2/p-2. The van der Waals surface area contributed by atoms with Crippen molar-refractivity contribution in [1.29, 1.82) is 0 Å². The lowest BCUT2D eigenvalue weighted by Gasteiger charge is -1.95. The Morgan fingerprint density at radius 3 is 2.31 bits per heavy atom. The second-order valence-corrected chi connectivity index (χ2v) is 10.8. The summed E-state index contributed by atoms with van der Waals surface area (Å²) in [5.74, 6) is 0.749. The van der Waals surface area contributed by atoms with Crippen LogP contribution in [-0.2, 0) is 6.42 Å². The number of hydrogen-bond acceptors (Lipinski definition) is 0. The van der Waals surface area contributed by atoms with Crippen LogP contribution in [0.2, 0.25) is 0 Å². The first kappa shape index (κ1) is 14.2. The molecule has 0 amide bonds. The Labute approximate surface area is 107 Å². The van der Waals surface area contributed by atoms with Gasteiger partial charge in [0.15, 0.2) is 0 Å². The molecule has 0 aliphatic heterocycles. The summed E-state index contributed by atoms with van der Waals surface area (Å²) in [6, 6.07) is 11.0. The Hall–Kier alpha value is 1.24. The molecule has 1 aromatic rings. The predicted octanol–water partition coefficient (Wildman–Crippen LogP) is 3.97. The molecule has 0 aliphatic carbocycles. The first-order chi connectivity index (χ1) is 6.35. The van der Waals surface area contributed by atoms with Gasteiger partial charge in [0, 0.05) is 5.88 Å². The zero-order chi connectivity index (χ0) is 9.94. The van der Waals surface area contributed by atoms with Crippen molar-refractivity contribution in [2.75, 3.05) is 5.88 Å². The van der Waals surface area contributed by atoms with Crippen LogP contribution in [0.3, 0.4) is 0 Å². The summed E-state index contributed by atoms with van der Waals surface area (Å²) in [4.78, 5) is 0. The van der Waals surface area contributed by atoms with Gasteiger partial charge in [-0.3, -0.25) is 25.8 Å². The van der Waals surface area contributed by atoms with Crippen LogP contribution in [0.5, 0.6) is 0 Å². The van der Waals surface area contributed by atoms with E-state index in [9.17, 15) is 0 Å². The minimum absolute atomic E-state index is 0.0417. The third-order valence-corrected chi connectivity index (χ3v) is 1.65. The summed E-state index contributed by atoms with van der Waals surface area (Å²) in [5.41, 5.74) is 1.35. The van der Waals surface area contributed by atoms with Crippen LogP contribution >= 0.6 is 37.4 Å². The minimum Gasteiger partial charge on any atom is -0.280 e. The second kappa shape index (κ2) is 11.3. The molecule has 0 atom stereocenters. The highest BCUT2D eigenvalue weighted by Crippen LogP contribution is 2.01. The van der Waals surface area contributed by atoms with Gasteiger partial charge in [-0.1, -0.05) is 24.3 Å². The first-order valence-corrected chi connectivity index (χ1v) is 12.3. The Bertz CT molecular complexity index is 194. The molecule has 0 heterocycles. The van der Waals surface area contributed by atoms with Crippen molar-refractivity contribution in [2.45, 2.75) is 12.8 Å². The quantitative estimate of drug-likeness (QED) is 0.578. The maximum absolute atomic E-state index is 5.54. The fourth-order valence-corrected chi connectivity index (χ4v) is 0.993. The van der Waals surface area contributed by atoms with Gasteiger partial charge in [-0.15, -0.1) is 11.6 Å². The normalized spacial score (nSPS) is 8.23. The van der Waals surface area contributed by atoms with E-state index in [0.29, 0.717) is 0 Å². The number of rotatable bonds is 3. The molecule has 0 N–H and O–H groups in total. The molecule has 0 spiro atoms. The van der Waals surface area contributed by atoms with E-state index in [2.05, 4.69) is 44.0 Å². The fraction of sp³-hybridized carbons (Fsp3) is 0.333. The number of aryl methyl sites for hydroxylation is 1. The van der Waals surface area contributed by atoms with Gasteiger partial charge >= 0.3 is 16.0 Å². The Morgan fingerprint density at radius 1 is 1.31 bits per heavy atom. The number of hydrogen-bond donors (Lipinski definition) is 0. The van der Waals surface area contributed by atoms with Crippen molar-refractivity contribution in [2.24, 2.45) is 0 Å². The van der Waals surface area contributed by atoms with E-state index in [1.165, 1.54) is 5.56 Å². The molecule has 0 aliphatic rings.